The molecule has 0 aromatic heterocycles. The van der Waals surface area contributed by atoms with Gasteiger partial charge in [-0.05, 0) is 44.4 Å². The Hall–Kier alpha value is -2.07. The van der Waals surface area contributed by atoms with Crippen molar-refractivity contribution in [1.29, 1.82) is 0 Å². The van der Waals surface area contributed by atoms with E-state index >= 15 is 0 Å². The number of nitrogens with one attached hydrogen (secondary N) is 2. The van der Waals surface area contributed by atoms with Crippen LogP contribution in [0.3, 0.4) is 0 Å². The second kappa shape index (κ2) is 17.6. The van der Waals surface area contributed by atoms with Crippen LogP contribution in [0, 0.1) is 5.92 Å². The van der Waals surface area contributed by atoms with Crippen LogP contribution >= 0.6 is 0 Å². The summed E-state index contributed by atoms with van der Waals surface area (Å²) in [6.45, 7) is 7.89. The average Bonchev–Trinajstić information content (AvgIpc) is 2.68. The largest absolute Gasteiger partial charge is 0.475 e. The Morgan fingerprint density at radius 2 is 1.71 bits per heavy atom. The van der Waals surface area contributed by atoms with Gasteiger partial charge in [-0.1, -0.05) is 39.2 Å². The molecule has 0 heterocycles. The fourth-order valence-electron chi connectivity index (χ4n) is 3.19. The smallest absolute Gasteiger partial charge is 0.426 e. The number of allylic oxidation sites excluding steroid dienone is 1. The van der Waals surface area contributed by atoms with Crippen molar-refractivity contribution in [3.63, 3.8) is 0 Å². The number of aliphatic imine (C=N–C) groups is 1. The Kier molecular flexibility index (Phi) is 16.4. The summed E-state index contributed by atoms with van der Waals surface area (Å²) in [6, 6.07) is -0.789. The fraction of sp³-hybridized carbons (Fsp3) is 0.762. The number of nitrogens with zero attached hydrogens (tertiary/aromatic N) is 1. The molecule has 0 saturated carbocycles. The van der Waals surface area contributed by atoms with Gasteiger partial charge in [0.25, 0.3) is 0 Å². The van der Waals surface area contributed by atoms with Crippen molar-refractivity contribution in [3.05, 3.63) is 12.7 Å². The molecule has 9 nitrogen and oxygen atoms in total. The molecule has 0 fully saturated rings. The highest BCUT2D eigenvalue weighted by Crippen LogP contribution is 2.09. The van der Waals surface area contributed by atoms with E-state index in [-0.39, 0.29) is 17.8 Å². The summed E-state index contributed by atoms with van der Waals surface area (Å²) < 4.78 is 0. The second-order valence-electron chi connectivity index (χ2n) is 8.32. The molecule has 0 aliphatic carbocycles. The molecule has 0 unspecified atom stereocenters. The van der Waals surface area contributed by atoms with Crippen molar-refractivity contribution in [1.82, 2.24) is 10.6 Å². The maximum atomic E-state index is 12.7. The summed E-state index contributed by atoms with van der Waals surface area (Å²) in [5, 5.41) is 24.6. The van der Waals surface area contributed by atoms with Crippen LogP contribution in [0.2, 0.25) is 0 Å². The highest BCUT2D eigenvalue weighted by atomic mass is 16.4. The van der Waals surface area contributed by atoms with E-state index in [1.807, 2.05) is 19.9 Å². The van der Waals surface area contributed by atoms with Gasteiger partial charge in [-0.15, -0.1) is 6.58 Å². The van der Waals surface area contributed by atoms with Gasteiger partial charge in [0.05, 0.1) is 5.94 Å². The summed E-state index contributed by atoms with van der Waals surface area (Å²) in [5.41, 5.74) is 10.6. The lowest BCUT2D eigenvalue weighted by atomic mass is 9.75. The van der Waals surface area contributed by atoms with E-state index in [0.717, 1.165) is 38.5 Å². The lowest BCUT2D eigenvalue weighted by molar-refractivity contribution is -0.129. The molecule has 0 rings (SSSR count). The molecule has 0 saturated heterocycles. The number of hydrogen-bond acceptors (Lipinski definition) is 5. The molecule has 8 N–H and O–H groups in total. The van der Waals surface area contributed by atoms with Crippen molar-refractivity contribution in [3.8, 4) is 0 Å². The summed E-state index contributed by atoms with van der Waals surface area (Å²) in [7, 11) is -1.68. The SMILES string of the molecule is C=CCCCCCCCC(=O)N[C@@H](CCCN=C(N)N)C(=O)N[C@@H](CC(C)C)B(O)O. The van der Waals surface area contributed by atoms with Crippen LogP contribution in [0.1, 0.15) is 78.1 Å². The van der Waals surface area contributed by atoms with E-state index < -0.39 is 25.0 Å². The van der Waals surface area contributed by atoms with Gasteiger partial charge in [0.15, 0.2) is 5.96 Å². The van der Waals surface area contributed by atoms with Gasteiger partial charge in [0.2, 0.25) is 11.8 Å². The van der Waals surface area contributed by atoms with Gasteiger partial charge in [0.1, 0.15) is 6.04 Å². The highest BCUT2D eigenvalue weighted by molar-refractivity contribution is 6.43. The quantitative estimate of drug-likeness (QED) is 0.0613. The first-order chi connectivity index (χ1) is 14.7. The number of rotatable bonds is 18. The van der Waals surface area contributed by atoms with E-state index in [1.165, 1.54) is 0 Å². The van der Waals surface area contributed by atoms with Crippen molar-refractivity contribution in [2.24, 2.45) is 22.4 Å². The van der Waals surface area contributed by atoms with Gasteiger partial charge in [0, 0.05) is 13.0 Å². The third kappa shape index (κ3) is 16.3. The Balaban J connectivity index is 4.72. The molecule has 0 radical (unpaired) electrons. The van der Waals surface area contributed by atoms with Crippen LogP contribution in [-0.4, -0.2) is 53.5 Å². The van der Waals surface area contributed by atoms with Gasteiger partial charge in [-0.3, -0.25) is 14.6 Å². The van der Waals surface area contributed by atoms with Crippen LogP contribution in [0.25, 0.3) is 0 Å². The number of guanidine groups is 1. The number of amides is 2. The molecule has 0 bridgehead atoms. The Morgan fingerprint density at radius 1 is 1.06 bits per heavy atom. The molecule has 10 heteroatoms. The predicted molar refractivity (Wildman–Crippen MR) is 126 cm³/mol. The van der Waals surface area contributed by atoms with Crippen molar-refractivity contribution < 1.29 is 19.6 Å². The van der Waals surface area contributed by atoms with Crippen molar-refractivity contribution >= 4 is 24.9 Å². The van der Waals surface area contributed by atoms with Crippen LogP contribution in [0.5, 0.6) is 0 Å². The lowest BCUT2D eigenvalue weighted by Crippen LogP contribution is -2.54. The molecule has 178 valence electrons. The third-order valence-corrected chi connectivity index (χ3v) is 4.82. The zero-order valence-electron chi connectivity index (χ0n) is 19.2. The molecule has 2 atom stereocenters. The Morgan fingerprint density at radius 3 is 2.29 bits per heavy atom. The number of hydrogen-bond donors (Lipinski definition) is 6. The van der Waals surface area contributed by atoms with Crippen molar-refractivity contribution in [2.75, 3.05) is 6.54 Å². The first-order valence-corrected chi connectivity index (χ1v) is 11.3. The zero-order chi connectivity index (χ0) is 23.6. The lowest BCUT2D eigenvalue weighted by Gasteiger charge is -2.24. The van der Waals surface area contributed by atoms with Crippen LogP contribution < -0.4 is 22.1 Å². The van der Waals surface area contributed by atoms with E-state index in [9.17, 15) is 19.6 Å². The normalized spacial score (nSPS) is 12.7. The first kappa shape index (κ1) is 28.9. The molecule has 0 aliphatic heterocycles. The van der Waals surface area contributed by atoms with Gasteiger partial charge in [-0.25, -0.2) is 0 Å². The molecule has 31 heavy (non-hydrogen) atoms. The number of carbonyl (C=O) groups excluding carboxylic acids is 2. The molecular weight excluding hydrogens is 397 g/mol. The van der Waals surface area contributed by atoms with E-state index in [1.54, 1.807) is 0 Å². The fourth-order valence-corrected chi connectivity index (χ4v) is 3.19. The molecular formula is C21H42BN5O4. The Labute approximate surface area is 187 Å². The number of nitrogens with two attached hydrogens (primary N) is 2. The Bertz CT molecular complexity index is 554. The molecule has 0 aromatic carbocycles. The minimum Gasteiger partial charge on any atom is -0.426 e. The average molecular weight is 439 g/mol. The first-order valence-electron chi connectivity index (χ1n) is 11.3. The standard InChI is InChI=1S/C21H42BN5O4/c1-4-5-6-7-8-9-10-13-19(28)26-17(12-11-14-25-21(23)24)20(29)27-18(22(30)31)15-16(2)3/h4,16-18,30-31H,1,5-15H2,2-3H3,(H,26,28)(H,27,29)(H4,23,24,25)/t17-,18-/m0/s1. The minimum absolute atomic E-state index is 0.0291. The van der Waals surface area contributed by atoms with Crippen LogP contribution in [-0.2, 0) is 9.59 Å². The predicted octanol–water partition coefficient (Wildman–Crippen LogP) is 0.984. The summed E-state index contributed by atoms with van der Waals surface area (Å²) in [6.07, 6.45) is 9.52. The monoisotopic (exact) mass is 439 g/mol. The van der Waals surface area contributed by atoms with Gasteiger partial charge < -0.3 is 32.1 Å². The molecule has 2 amide bonds. The van der Waals surface area contributed by atoms with Crippen molar-refractivity contribution in [2.45, 2.75) is 90.0 Å². The molecule has 0 aliphatic rings. The second-order valence-corrected chi connectivity index (χ2v) is 8.32. The topological polar surface area (TPSA) is 163 Å². The van der Waals surface area contributed by atoms with E-state index in [0.29, 0.717) is 32.2 Å². The van der Waals surface area contributed by atoms with Crippen LogP contribution in [0.15, 0.2) is 17.6 Å². The highest BCUT2D eigenvalue weighted by Gasteiger charge is 2.29. The summed E-state index contributed by atoms with van der Waals surface area (Å²) >= 11 is 0. The van der Waals surface area contributed by atoms with Gasteiger partial charge in [-0.2, -0.15) is 0 Å². The van der Waals surface area contributed by atoms with Gasteiger partial charge >= 0.3 is 7.12 Å². The number of unbranched alkanes of at least 4 members (excludes halogenated alkanes) is 5. The maximum absolute atomic E-state index is 12.7. The summed E-state index contributed by atoms with van der Waals surface area (Å²) in [4.78, 5) is 29.0. The van der Waals surface area contributed by atoms with E-state index in [4.69, 9.17) is 11.5 Å². The maximum Gasteiger partial charge on any atom is 0.475 e. The van der Waals surface area contributed by atoms with E-state index in [2.05, 4.69) is 22.2 Å². The summed E-state index contributed by atoms with van der Waals surface area (Å²) in [5.74, 6) is -1.31. The van der Waals surface area contributed by atoms with Crippen LogP contribution in [0.4, 0.5) is 0 Å². The zero-order valence-corrected chi connectivity index (χ0v) is 19.2. The third-order valence-electron chi connectivity index (χ3n) is 4.82. The number of carbonyl (C=O) groups is 2. The minimum atomic E-state index is -1.68. The molecule has 0 aromatic rings. The molecule has 0 spiro atoms.